The van der Waals surface area contributed by atoms with Gasteiger partial charge in [-0.1, -0.05) is 0 Å². The average molecular weight is 263 g/mol. The molecule has 3 rings (SSSR count). The summed E-state index contributed by atoms with van der Waals surface area (Å²) in [6, 6.07) is 0. The van der Waals surface area contributed by atoms with Gasteiger partial charge in [-0.05, 0) is 45.8 Å². The molecule has 5 heteroatoms. The molecular formula is C14H21N3O2. The third-order valence-electron chi connectivity index (χ3n) is 4.55. The maximum absolute atomic E-state index is 11.2. The van der Waals surface area contributed by atoms with Gasteiger partial charge in [-0.3, -0.25) is 4.79 Å². The molecule has 1 fully saturated rings. The molecule has 0 saturated carbocycles. The molecule has 0 bridgehead atoms. The van der Waals surface area contributed by atoms with Gasteiger partial charge in [-0.15, -0.1) is 0 Å². The first-order valence-electron chi connectivity index (χ1n) is 7.11. The summed E-state index contributed by atoms with van der Waals surface area (Å²) < 4.78 is 2.18. The van der Waals surface area contributed by atoms with Crippen LogP contribution in [-0.4, -0.2) is 45.7 Å². The van der Waals surface area contributed by atoms with Gasteiger partial charge in [0.2, 0.25) is 0 Å². The molecule has 1 aromatic rings. The van der Waals surface area contributed by atoms with Crippen LogP contribution in [0.5, 0.6) is 0 Å². The van der Waals surface area contributed by atoms with Crippen molar-refractivity contribution in [2.75, 3.05) is 20.1 Å². The van der Waals surface area contributed by atoms with Crippen LogP contribution >= 0.6 is 0 Å². The largest absolute Gasteiger partial charge is 0.481 e. The number of carboxylic acid groups (broad SMARTS) is 1. The van der Waals surface area contributed by atoms with E-state index in [1.807, 2.05) is 6.20 Å². The van der Waals surface area contributed by atoms with Crippen LogP contribution in [0.1, 0.15) is 36.7 Å². The van der Waals surface area contributed by atoms with Gasteiger partial charge in [0.25, 0.3) is 0 Å². The van der Waals surface area contributed by atoms with Gasteiger partial charge in [-0.25, -0.2) is 4.98 Å². The molecule has 19 heavy (non-hydrogen) atoms. The number of hydrogen-bond acceptors (Lipinski definition) is 3. The van der Waals surface area contributed by atoms with Crippen LogP contribution in [0.25, 0.3) is 0 Å². The van der Waals surface area contributed by atoms with Crippen LogP contribution < -0.4 is 0 Å². The van der Waals surface area contributed by atoms with E-state index in [1.165, 1.54) is 5.69 Å². The number of aliphatic carboxylic acids is 1. The van der Waals surface area contributed by atoms with Crippen molar-refractivity contribution in [1.82, 2.24) is 14.5 Å². The second kappa shape index (κ2) is 4.96. The van der Waals surface area contributed by atoms with Gasteiger partial charge in [0.1, 0.15) is 5.82 Å². The number of imidazole rings is 1. The fourth-order valence-electron chi connectivity index (χ4n) is 3.27. The summed E-state index contributed by atoms with van der Waals surface area (Å²) in [6.45, 7) is 2.82. The molecule has 0 radical (unpaired) electrons. The Hall–Kier alpha value is -1.36. The minimum absolute atomic E-state index is 0.244. The van der Waals surface area contributed by atoms with Crippen molar-refractivity contribution in [3.05, 3.63) is 17.7 Å². The van der Waals surface area contributed by atoms with Crippen LogP contribution in [0, 0.1) is 5.92 Å². The Bertz CT molecular complexity index is 475. The van der Waals surface area contributed by atoms with Gasteiger partial charge >= 0.3 is 5.97 Å². The molecule has 1 atom stereocenters. The van der Waals surface area contributed by atoms with Crippen molar-refractivity contribution in [2.45, 2.75) is 38.1 Å². The number of piperidine rings is 1. The molecule has 2 aliphatic heterocycles. The maximum atomic E-state index is 11.2. The highest BCUT2D eigenvalue weighted by molar-refractivity contribution is 5.70. The van der Waals surface area contributed by atoms with E-state index in [2.05, 4.69) is 21.5 Å². The zero-order chi connectivity index (χ0) is 13.4. The standard InChI is InChI=1S/C14H21N3O2/c1-16-6-4-10(5-7-16)13-15-8-12-3-2-11(14(18)19)9-17(12)13/h8,10-11H,2-7,9H2,1H3,(H,18,19). The molecule has 2 aliphatic rings. The second-order valence-corrected chi connectivity index (χ2v) is 5.87. The maximum Gasteiger partial charge on any atom is 0.308 e. The Balaban J connectivity index is 1.81. The smallest absolute Gasteiger partial charge is 0.308 e. The van der Waals surface area contributed by atoms with Gasteiger partial charge in [0, 0.05) is 24.4 Å². The Labute approximate surface area is 113 Å². The predicted molar refractivity (Wildman–Crippen MR) is 71.1 cm³/mol. The number of nitrogens with zero attached hydrogens (tertiary/aromatic N) is 3. The summed E-state index contributed by atoms with van der Waals surface area (Å²) >= 11 is 0. The summed E-state index contributed by atoms with van der Waals surface area (Å²) in [5.74, 6) is 0.701. The summed E-state index contributed by atoms with van der Waals surface area (Å²) in [6.07, 6.45) is 5.80. The Kier molecular flexibility index (Phi) is 3.31. The first kappa shape index (κ1) is 12.7. The topological polar surface area (TPSA) is 58.4 Å². The van der Waals surface area contributed by atoms with Crippen LogP contribution in [0.2, 0.25) is 0 Å². The zero-order valence-corrected chi connectivity index (χ0v) is 11.4. The van der Waals surface area contributed by atoms with Gasteiger partial charge < -0.3 is 14.6 Å². The Morgan fingerprint density at radius 1 is 1.37 bits per heavy atom. The summed E-state index contributed by atoms with van der Waals surface area (Å²) in [7, 11) is 2.15. The van der Waals surface area contributed by atoms with Crippen molar-refractivity contribution >= 4 is 5.97 Å². The lowest BCUT2D eigenvalue weighted by molar-refractivity contribution is -0.142. The number of rotatable bonds is 2. The van der Waals surface area contributed by atoms with E-state index in [0.29, 0.717) is 12.5 Å². The van der Waals surface area contributed by atoms with Crippen molar-refractivity contribution in [3.8, 4) is 0 Å². The minimum atomic E-state index is -0.673. The van der Waals surface area contributed by atoms with Crippen molar-refractivity contribution in [1.29, 1.82) is 0 Å². The first-order valence-corrected chi connectivity index (χ1v) is 7.11. The lowest BCUT2D eigenvalue weighted by Gasteiger charge is -2.30. The van der Waals surface area contributed by atoms with E-state index >= 15 is 0 Å². The molecule has 104 valence electrons. The van der Waals surface area contributed by atoms with Crippen LogP contribution in [0.3, 0.4) is 0 Å². The van der Waals surface area contributed by atoms with Crippen LogP contribution in [0.4, 0.5) is 0 Å². The molecule has 1 N–H and O–H groups in total. The number of hydrogen-bond donors (Lipinski definition) is 1. The third kappa shape index (κ3) is 2.39. The van der Waals surface area contributed by atoms with Gasteiger partial charge in [0.05, 0.1) is 5.92 Å². The first-order chi connectivity index (χ1) is 9.15. The molecule has 0 aliphatic carbocycles. The normalized spacial score (nSPS) is 25.2. The van der Waals surface area contributed by atoms with E-state index in [9.17, 15) is 9.90 Å². The van der Waals surface area contributed by atoms with E-state index in [4.69, 9.17) is 0 Å². The monoisotopic (exact) mass is 263 g/mol. The number of carbonyl (C=O) groups is 1. The summed E-state index contributed by atoms with van der Waals surface area (Å²) in [5.41, 5.74) is 1.21. The van der Waals surface area contributed by atoms with Crippen molar-refractivity contribution in [2.24, 2.45) is 5.92 Å². The lowest BCUT2D eigenvalue weighted by atomic mass is 9.94. The predicted octanol–water partition coefficient (Wildman–Crippen LogP) is 1.34. The molecular weight excluding hydrogens is 242 g/mol. The number of carboxylic acids is 1. The third-order valence-corrected chi connectivity index (χ3v) is 4.55. The molecule has 1 saturated heterocycles. The molecule has 0 aromatic carbocycles. The van der Waals surface area contributed by atoms with E-state index < -0.39 is 5.97 Å². The summed E-state index contributed by atoms with van der Waals surface area (Å²) in [5, 5.41) is 9.20. The minimum Gasteiger partial charge on any atom is -0.481 e. The number of aryl methyl sites for hydroxylation is 1. The van der Waals surface area contributed by atoms with Crippen LogP contribution in [0.15, 0.2) is 6.20 Å². The van der Waals surface area contributed by atoms with E-state index in [1.54, 1.807) is 0 Å². The zero-order valence-electron chi connectivity index (χ0n) is 11.4. The molecule has 0 amide bonds. The quantitative estimate of drug-likeness (QED) is 0.874. The van der Waals surface area contributed by atoms with Gasteiger partial charge in [-0.2, -0.15) is 0 Å². The Morgan fingerprint density at radius 2 is 2.11 bits per heavy atom. The number of aromatic nitrogens is 2. The number of likely N-dealkylation sites (tertiary alicyclic amines) is 1. The van der Waals surface area contributed by atoms with Gasteiger partial charge in [0.15, 0.2) is 0 Å². The molecule has 0 spiro atoms. The van der Waals surface area contributed by atoms with Crippen LogP contribution in [-0.2, 0) is 17.8 Å². The number of fused-ring (bicyclic) bond motifs is 1. The molecule has 3 heterocycles. The highest BCUT2D eigenvalue weighted by Gasteiger charge is 2.29. The molecule has 1 aromatic heterocycles. The molecule has 1 unspecified atom stereocenters. The van der Waals surface area contributed by atoms with E-state index in [0.717, 1.165) is 44.6 Å². The SMILES string of the molecule is CN1CCC(c2ncc3n2CC(C(=O)O)CC3)CC1. The van der Waals surface area contributed by atoms with Crippen molar-refractivity contribution < 1.29 is 9.90 Å². The fraction of sp³-hybridized carbons (Fsp3) is 0.714. The second-order valence-electron chi connectivity index (χ2n) is 5.87. The fourth-order valence-corrected chi connectivity index (χ4v) is 3.27. The van der Waals surface area contributed by atoms with Crippen molar-refractivity contribution in [3.63, 3.8) is 0 Å². The average Bonchev–Trinajstić information content (AvgIpc) is 2.82. The Morgan fingerprint density at radius 3 is 2.79 bits per heavy atom. The molecule has 5 nitrogen and oxygen atoms in total. The lowest BCUT2D eigenvalue weighted by Crippen LogP contribution is -2.32. The van der Waals surface area contributed by atoms with E-state index in [-0.39, 0.29) is 5.92 Å². The highest BCUT2D eigenvalue weighted by atomic mass is 16.4. The summed E-state index contributed by atoms with van der Waals surface area (Å²) in [4.78, 5) is 18.1. The highest BCUT2D eigenvalue weighted by Crippen LogP contribution is 2.30.